The van der Waals surface area contributed by atoms with E-state index in [1.807, 2.05) is 36.4 Å². The summed E-state index contributed by atoms with van der Waals surface area (Å²) in [5.41, 5.74) is 7.29. The van der Waals surface area contributed by atoms with E-state index in [2.05, 4.69) is 47.1 Å². The molecule has 0 aliphatic rings. The molecule has 128 valence electrons. The van der Waals surface area contributed by atoms with Crippen molar-refractivity contribution in [1.29, 1.82) is 0 Å². The van der Waals surface area contributed by atoms with Crippen LogP contribution < -0.4 is 11.1 Å². The summed E-state index contributed by atoms with van der Waals surface area (Å²) in [6.07, 6.45) is -1.09. The van der Waals surface area contributed by atoms with Gasteiger partial charge in [0.25, 0.3) is 0 Å². The van der Waals surface area contributed by atoms with Crippen LogP contribution in [0.2, 0.25) is 0 Å². The summed E-state index contributed by atoms with van der Waals surface area (Å²) in [5, 5.41) is 11.7. The van der Waals surface area contributed by atoms with Crippen molar-refractivity contribution in [1.82, 2.24) is 9.97 Å². The van der Waals surface area contributed by atoms with Crippen molar-refractivity contribution >= 4 is 91.3 Å². The second-order valence-electron chi connectivity index (χ2n) is 4.73. The van der Waals surface area contributed by atoms with E-state index in [0.717, 1.165) is 29.4 Å². The Morgan fingerprint density at radius 3 is 2.16 bits per heavy atom. The predicted molar refractivity (Wildman–Crippen MR) is 111 cm³/mol. The fourth-order valence-corrected chi connectivity index (χ4v) is 4.65. The van der Waals surface area contributed by atoms with Crippen LogP contribution in [0.4, 0.5) is 15.1 Å². The largest absolute Gasteiger partial charge is 0.465 e. The monoisotopic (exact) mass is 500 g/mol. The molecule has 0 bridgehead atoms. The number of fused-ring (bicyclic) bond motifs is 2. The summed E-state index contributed by atoms with van der Waals surface area (Å²) in [6.45, 7) is 0. The Hall–Kier alpha value is -1.75. The van der Waals surface area contributed by atoms with Gasteiger partial charge < -0.3 is 10.8 Å². The number of nitrogens with zero attached hydrogens (tertiary/aromatic N) is 2. The summed E-state index contributed by atoms with van der Waals surface area (Å²) in [5.74, 6) is 0. The summed E-state index contributed by atoms with van der Waals surface area (Å²) in [6, 6.07) is 11.5. The van der Waals surface area contributed by atoms with E-state index in [1.165, 1.54) is 22.7 Å². The van der Waals surface area contributed by atoms with Crippen LogP contribution in [-0.2, 0) is 0 Å². The lowest BCUT2D eigenvalue weighted by Crippen LogP contribution is -2.06. The molecule has 0 aliphatic carbocycles. The van der Waals surface area contributed by atoms with Crippen molar-refractivity contribution < 1.29 is 9.90 Å². The van der Waals surface area contributed by atoms with Crippen LogP contribution in [0, 0.1) is 0 Å². The van der Waals surface area contributed by atoms with E-state index in [4.69, 9.17) is 10.8 Å². The number of nitrogens with one attached hydrogen (secondary N) is 1. The highest BCUT2D eigenvalue weighted by molar-refractivity contribution is 9.10. The van der Waals surface area contributed by atoms with Gasteiger partial charge in [-0.05, 0) is 36.4 Å². The number of benzene rings is 2. The number of carboxylic acid groups (broad SMARTS) is 1. The van der Waals surface area contributed by atoms with Gasteiger partial charge in [-0.25, -0.2) is 14.8 Å². The second kappa shape index (κ2) is 7.65. The molecule has 0 aliphatic heterocycles. The van der Waals surface area contributed by atoms with Crippen molar-refractivity contribution in [2.45, 2.75) is 0 Å². The number of nitrogens with two attached hydrogens (primary N) is 1. The van der Waals surface area contributed by atoms with Crippen LogP contribution in [0.25, 0.3) is 20.4 Å². The van der Waals surface area contributed by atoms with E-state index in [9.17, 15) is 4.79 Å². The average Bonchev–Trinajstić information content (AvgIpc) is 3.07. The predicted octanol–water partition coefficient (Wildman–Crippen LogP) is 5.79. The first kappa shape index (κ1) is 18.1. The minimum absolute atomic E-state index is 0.394. The maximum Gasteiger partial charge on any atom is 0.410 e. The average molecular weight is 502 g/mol. The van der Waals surface area contributed by atoms with Gasteiger partial charge in [0.2, 0.25) is 0 Å². The topological polar surface area (TPSA) is 101 Å². The molecule has 1 amide bonds. The minimum Gasteiger partial charge on any atom is -0.465 e. The van der Waals surface area contributed by atoms with E-state index in [0.29, 0.717) is 10.3 Å². The molecule has 0 saturated heterocycles. The van der Waals surface area contributed by atoms with Gasteiger partial charge in [0.1, 0.15) is 0 Å². The van der Waals surface area contributed by atoms with Gasteiger partial charge in [-0.1, -0.05) is 54.5 Å². The zero-order chi connectivity index (χ0) is 18.0. The van der Waals surface area contributed by atoms with Crippen molar-refractivity contribution in [2.24, 2.45) is 0 Å². The third kappa shape index (κ3) is 4.66. The number of anilines is 2. The quantitative estimate of drug-likeness (QED) is 0.306. The van der Waals surface area contributed by atoms with E-state index in [1.54, 1.807) is 0 Å². The molecule has 6 nitrogen and oxygen atoms in total. The lowest BCUT2D eigenvalue weighted by molar-refractivity contribution is 0.210. The molecule has 0 saturated carbocycles. The third-order valence-corrected chi connectivity index (χ3v) is 5.70. The highest BCUT2D eigenvalue weighted by Gasteiger charge is 2.05. The second-order valence-corrected chi connectivity index (χ2v) is 8.65. The molecule has 4 rings (SSSR count). The van der Waals surface area contributed by atoms with Crippen molar-refractivity contribution in [3.63, 3.8) is 0 Å². The number of rotatable bonds is 1. The molecule has 0 unspecified atom stereocenters. The number of amides is 1. The molecule has 4 N–H and O–H groups in total. The maximum atomic E-state index is 10.4. The van der Waals surface area contributed by atoms with Gasteiger partial charge in [0.15, 0.2) is 10.3 Å². The van der Waals surface area contributed by atoms with E-state index < -0.39 is 6.09 Å². The molecular weight excluding hydrogens is 492 g/mol. The molecule has 25 heavy (non-hydrogen) atoms. The van der Waals surface area contributed by atoms with Gasteiger partial charge in [-0.2, -0.15) is 0 Å². The van der Waals surface area contributed by atoms with E-state index >= 15 is 0 Å². The highest BCUT2D eigenvalue weighted by atomic mass is 79.9. The molecule has 0 fully saturated rings. The van der Waals surface area contributed by atoms with Crippen LogP contribution in [0.3, 0.4) is 0 Å². The fraction of sp³-hybridized carbons (Fsp3) is 0. The fourth-order valence-electron chi connectivity index (χ4n) is 1.96. The molecule has 0 spiro atoms. The molecule has 4 aromatic rings. The first-order valence-electron chi connectivity index (χ1n) is 6.78. The number of hydrogen-bond acceptors (Lipinski definition) is 6. The molecular formula is C15H10Br2N4O2S2. The summed E-state index contributed by atoms with van der Waals surface area (Å²) in [4.78, 5) is 18.6. The molecule has 0 atom stereocenters. The smallest absolute Gasteiger partial charge is 0.410 e. The first-order valence-corrected chi connectivity index (χ1v) is 10.0. The first-order chi connectivity index (χ1) is 11.9. The highest BCUT2D eigenvalue weighted by Crippen LogP contribution is 2.28. The van der Waals surface area contributed by atoms with Crippen LogP contribution in [0.5, 0.6) is 0 Å². The van der Waals surface area contributed by atoms with Gasteiger partial charge in [0, 0.05) is 8.95 Å². The minimum atomic E-state index is -1.09. The maximum absolute atomic E-state index is 10.4. The van der Waals surface area contributed by atoms with Crippen molar-refractivity contribution in [3.8, 4) is 0 Å². The summed E-state index contributed by atoms with van der Waals surface area (Å²) >= 11 is 9.52. The lowest BCUT2D eigenvalue weighted by atomic mass is 10.3. The Labute approximate surface area is 167 Å². The van der Waals surface area contributed by atoms with Crippen LogP contribution in [0.15, 0.2) is 45.3 Å². The SMILES string of the molecule is Nc1nc2ccc(Br)cc2s1.O=C(O)Nc1nc2ccc(Br)cc2s1. The Bertz CT molecular complexity index is 1060. The Morgan fingerprint density at radius 2 is 1.56 bits per heavy atom. The number of hydrogen-bond donors (Lipinski definition) is 3. The summed E-state index contributed by atoms with van der Waals surface area (Å²) < 4.78 is 4.09. The third-order valence-electron chi connectivity index (χ3n) is 2.93. The Kier molecular flexibility index (Phi) is 5.52. The molecule has 2 heterocycles. The number of nitrogen functional groups attached to an aromatic ring is 1. The zero-order valence-corrected chi connectivity index (χ0v) is 17.2. The zero-order valence-electron chi connectivity index (χ0n) is 12.4. The molecule has 2 aromatic carbocycles. The van der Waals surface area contributed by atoms with Gasteiger partial charge in [0.05, 0.1) is 20.4 Å². The molecule has 10 heteroatoms. The van der Waals surface area contributed by atoms with Crippen LogP contribution in [-0.4, -0.2) is 21.2 Å². The number of carbonyl (C=O) groups is 1. The summed E-state index contributed by atoms with van der Waals surface area (Å²) in [7, 11) is 0. The number of aromatic nitrogens is 2. The molecule has 0 radical (unpaired) electrons. The number of halogens is 2. The van der Waals surface area contributed by atoms with Gasteiger partial charge >= 0.3 is 6.09 Å². The van der Waals surface area contributed by atoms with E-state index in [-0.39, 0.29) is 0 Å². The van der Waals surface area contributed by atoms with Crippen molar-refractivity contribution in [3.05, 3.63) is 45.3 Å². The lowest BCUT2D eigenvalue weighted by Gasteiger charge is -1.89. The Balaban J connectivity index is 0.000000150. The number of thiazole rings is 2. The standard InChI is InChI=1S/C8H5BrN2O2S.C7H5BrN2S/c9-4-1-2-5-6(3-4)14-7(10-5)11-8(12)13;8-4-1-2-5-6(3-4)11-7(9)10-5/h1-3H,(H,10,11)(H,12,13);1-3H,(H2,9,10). The van der Waals surface area contributed by atoms with Crippen LogP contribution in [0.1, 0.15) is 0 Å². The van der Waals surface area contributed by atoms with Gasteiger partial charge in [-0.3, -0.25) is 5.32 Å². The Morgan fingerprint density at radius 1 is 1.00 bits per heavy atom. The van der Waals surface area contributed by atoms with Crippen LogP contribution >= 0.6 is 54.5 Å². The normalized spacial score (nSPS) is 10.5. The molecule has 2 aromatic heterocycles. The van der Waals surface area contributed by atoms with Gasteiger partial charge in [-0.15, -0.1) is 0 Å². The van der Waals surface area contributed by atoms with Crippen molar-refractivity contribution in [2.75, 3.05) is 11.1 Å².